The zero-order valence-electron chi connectivity index (χ0n) is 18.4. The van der Waals surface area contributed by atoms with Gasteiger partial charge in [-0.2, -0.15) is 0 Å². The third-order valence-electron chi connectivity index (χ3n) is 5.55. The summed E-state index contributed by atoms with van der Waals surface area (Å²) in [7, 11) is -8.53. The van der Waals surface area contributed by atoms with E-state index in [1.165, 1.54) is 18.2 Å². The normalized spacial score (nSPS) is 15.7. The van der Waals surface area contributed by atoms with Crippen LogP contribution < -0.4 is 8.61 Å². The number of nitro benzene ring substituents is 2. The highest BCUT2D eigenvalue weighted by atomic mass is 32.2. The number of anilines is 2. The third kappa shape index (κ3) is 4.16. The molecular formula is C22H18N4O8S2. The Balaban J connectivity index is 1.82. The minimum atomic E-state index is -4.28. The van der Waals surface area contributed by atoms with E-state index in [1.54, 1.807) is 12.1 Å². The number of rotatable bonds is 7. The number of benzene rings is 3. The molecule has 14 heteroatoms. The van der Waals surface area contributed by atoms with E-state index in [9.17, 15) is 37.1 Å². The summed E-state index contributed by atoms with van der Waals surface area (Å²) in [6.07, 6.45) is 1.29. The van der Waals surface area contributed by atoms with Crippen molar-refractivity contribution in [3.63, 3.8) is 0 Å². The molecule has 0 amide bonds. The van der Waals surface area contributed by atoms with Crippen molar-refractivity contribution in [2.75, 3.05) is 15.2 Å². The summed E-state index contributed by atoms with van der Waals surface area (Å²) in [5.41, 5.74) is -0.442. The van der Waals surface area contributed by atoms with Gasteiger partial charge in [-0.25, -0.2) is 16.8 Å². The molecule has 0 radical (unpaired) electrons. The van der Waals surface area contributed by atoms with Crippen LogP contribution in [-0.4, -0.2) is 39.3 Å². The molecule has 0 bridgehead atoms. The number of nitrogens with zero attached hydrogens (tertiary/aromatic N) is 4. The van der Waals surface area contributed by atoms with Crippen molar-refractivity contribution in [2.45, 2.75) is 15.8 Å². The van der Waals surface area contributed by atoms with Crippen LogP contribution in [-0.2, 0) is 20.0 Å². The Morgan fingerprint density at radius 3 is 1.64 bits per heavy atom. The second-order valence-electron chi connectivity index (χ2n) is 7.63. The number of hydrogen-bond acceptors (Lipinski definition) is 8. The summed E-state index contributed by atoms with van der Waals surface area (Å²) in [6, 6.07) is 13.6. The topological polar surface area (TPSA) is 161 Å². The first-order valence-electron chi connectivity index (χ1n) is 10.3. The fourth-order valence-corrected chi connectivity index (χ4v) is 6.94. The van der Waals surface area contributed by atoms with Gasteiger partial charge in [0.1, 0.15) is 0 Å². The second kappa shape index (κ2) is 9.05. The maximum Gasteiger partial charge on any atom is 0.269 e. The molecule has 0 aliphatic carbocycles. The average molecular weight is 531 g/mol. The number of sulfonamides is 2. The van der Waals surface area contributed by atoms with Crippen LogP contribution in [0, 0.1) is 20.2 Å². The fraction of sp³-hybridized carbons (Fsp3) is 0.0909. The van der Waals surface area contributed by atoms with Crippen LogP contribution in [0.1, 0.15) is 0 Å². The first kappa shape index (κ1) is 24.8. The van der Waals surface area contributed by atoms with Gasteiger partial charge in [0.05, 0.1) is 43.6 Å². The van der Waals surface area contributed by atoms with Crippen molar-refractivity contribution in [3.8, 4) is 0 Å². The molecule has 36 heavy (non-hydrogen) atoms. The van der Waals surface area contributed by atoms with Gasteiger partial charge in [-0.3, -0.25) is 28.8 Å². The molecule has 186 valence electrons. The highest BCUT2D eigenvalue weighted by Crippen LogP contribution is 2.41. The van der Waals surface area contributed by atoms with Crippen LogP contribution >= 0.6 is 0 Å². The number of para-hydroxylation sites is 2. The van der Waals surface area contributed by atoms with Crippen LogP contribution in [0.2, 0.25) is 0 Å². The van der Waals surface area contributed by atoms with Gasteiger partial charge in [-0.15, -0.1) is 6.58 Å². The largest absolute Gasteiger partial charge is 0.269 e. The van der Waals surface area contributed by atoms with E-state index in [2.05, 4.69) is 6.58 Å². The molecule has 0 saturated carbocycles. The molecule has 3 aromatic rings. The predicted octanol–water partition coefficient (Wildman–Crippen LogP) is 3.46. The molecule has 1 atom stereocenters. The summed E-state index contributed by atoms with van der Waals surface area (Å²) in [4.78, 5) is 20.2. The Morgan fingerprint density at radius 1 is 0.750 bits per heavy atom. The maximum atomic E-state index is 13.6. The number of fused-ring (bicyclic) bond motifs is 1. The van der Waals surface area contributed by atoms with Crippen molar-refractivity contribution in [1.82, 2.24) is 0 Å². The summed E-state index contributed by atoms with van der Waals surface area (Å²) in [5.74, 6) is 0. The van der Waals surface area contributed by atoms with Gasteiger partial charge in [-0.1, -0.05) is 18.2 Å². The first-order chi connectivity index (χ1) is 17.0. The number of nitro groups is 2. The number of non-ortho nitro benzene ring substituents is 2. The van der Waals surface area contributed by atoms with Gasteiger partial charge >= 0.3 is 0 Å². The molecular weight excluding hydrogens is 512 g/mol. The molecule has 0 aromatic heterocycles. The average Bonchev–Trinajstić information content (AvgIpc) is 2.87. The fourth-order valence-electron chi connectivity index (χ4n) is 3.81. The molecule has 0 saturated heterocycles. The quantitative estimate of drug-likeness (QED) is 0.255. The molecule has 4 rings (SSSR count). The molecule has 3 aromatic carbocycles. The molecule has 1 heterocycles. The Hall–Kier alpha value is -4.30. The zero-order chi connectivity index (χ0) is 26.3. The minimum absolute atomic E-state index is 0.0532. The van der Waals surface area contributed by atoms with Crippen LogP contribution in [0.15, 0.2) is 95.2 Å². The molecule has 12 nitrogen and oxygen atoms in total. The van der Waals surface area contributed by atoms with Crippen LogP contribution in [0.5, 0.6) is 0 Å². The lowest BCUT2D eigenvalue weighted by molar-refractivity contribution is -0.385. The molecule has 1 aliphatic rings. The monoisotopic (exact) mass is 530 g/mol. The Morgan fingerprint density at radius 2 is 1.19 bits per heavy atom. The van der Waals surface area contributed by atoms with E-state index < -0.39 is 35.9 Å². The molecule has 0 N–H and O–H groups in total. The van der Waals surface area contributed by atoms with Gasteiger partial charge in [0.25, 0.3) is 31.4 Å². The van der Waals surface area contributed by atoms with E-state index in [4.69, 9.17) is 0 Å². The van der Waals surface area contributed by atoms with E-state index in [-0.39, 0.29) is 39.1 Å². The maximum absolute atomic E-state index is 13.6. The van der Waals surface area contributed by atoms with Gasteiger partial charge < -0.3 is 0 Å². The van der Waals surface area contributed by atoms with Gasteiger partial charge in [0.15, 0.2) is 0 Å². The predicted molar refractivity (Wildman–Crippen MR) is 131 cm³/mol. The first-order valence-corrected chi connectivity index (χ1v) is 13.1. The minimum Gasteiger partial charge on any atom is -0.262 e. The van der Waals surface area contributed by atoms with E-state index >= 15 is 0 Å². The summed E-state index contributed by atoms with van der Waals surface area (Å²) in [5, 5.41) is 21.9. The van der Waals surface area contributed by atoms with Crippen molar-refractivity contribution in [3.05, 3.63) is 106 Å². The second-order valence-corrected chi connectivity index (χ2v) is 11.3. The van der Waals surface area contributed by atoms with Crippen LogP contribution in [0.3, 0.4) is 0 Å². The van der Waals surface area contributed by atoms with Crippen molar-refractivity contribution >= 4 is 42.8 Å². The SMILES string of the molecule is C=CC1CN(S(=O)(=O)c2ccc([N+](=O)[O-])cc2)c2ccccc2N1S(=O)(=O)c1ccc([N+](=O)[O-])cc1. The highest BCUT2D eigenvalue weighted by molar-refractivity contribution is 7.93. The van der Waals surface area contributed by atoms with E-state index in [1.807, 2.05) is 0 Å². The van der Waals surface area contributed by atoms with Gasteiger partial charge in [0.2, 0.25) is 0 Å². The summed E-state index contributed by atoms with van der Waals surface area (Å²) in [6.45, 7) is 3.35. The van der Waals surface area contributed by atoms with Crippen LogP contribution in [0.4, 0.5) is 22.7 Å². The lowest BCUT2D eigenvalue weighted by Crippen LogP contribution is -2.52. The lowest BCUT2D eigenvalue weighted by atomic mass is 10.1. The van der Waals surface area contributed by atoms with E-state index in [0.29, 0.717) is 0 Å². The molecule has 1 aliphatic heterocycles. The Labute approximate surface area is 206 Å². The molecule has 0 spiro atoms. The smallest absolute Gasteiger partial charge is 0.262 e. The van der Waals surface area contributed by atoms with Gasteiger partial charge in [0, 0.05) is 24.3 Å². The van der Waals surface area contributed by atoms with Crippen molar-refractivity contribution in [2.24, 2.45) is 0 Å². The Bertz CT molecular complexity index is 1570. The van der Waals surface area contributed by atoms with Crippen LogP contribution in [0.25, 0.3) is 0 Å². The third-order valence-corrected chi connectivity index (χ3v) is 9.20. The van der Waals surface area contributed by atoms with Crippen molar-refractivity contribution in [1.29, 1.82) is 0 Å². The van der Waals surface area contributed by atoms with E-state index in [0.717, 1.165) is 57.1 Å². The van der Waals surface area contributed by atoms with Gasteiger partial charge in [-0.05, 0) is 36.4 Å². The zero-order valence-corrected chi connectivity index (χ0v) is 20.0. The summed E-state index contributed by atoms with van der Waals surface area (Å²) >= 11 is 0. The number of hydrogen-bond donors (Lipinski definition) is 0. The lowest BCUT2D eigenvalue weighted by Gasteiger charge is -2.41. The summed E-state index contributed by atoms with van der Waals surface area (Å²) < 4.78 is 56.3. The molecule has 0 fully saturated rings. The molecule has 1 unspecified atom stereocenters. The highest BCUT2D eigenvalue weighted by Gasteiger charge is 2.41. The van der Waals surface area contributed by atoms with Crippen molar-refractivity contribution < 1.29 is 26.7 Å². The standard InChI is InChI=1S/C22H18N4O8S2/c1-2-16-15-23(35(31,32)19-11-7-17(8-12-19)25(27)28)21-5-3-4-6-22(21)24(16)36(33,34)20-13-9-18(10-14-20)26(29)30/h2-14,16H,1,15H2. The Kier molecular flexibility index (Phi) is 6.24.